The molecule has 48 valence electrons. The largest absolute Gasteiger partial charge is 0.472 e. The van der Waals surface area contributed by atoms with Crippen LogP contribution in [0.2, 0.25) is 0 Å². The van der Waals surface area contributed by atoms with Crippen LogP contribution in [-0.4, -0.2) is 11.1 Å². The van der Waals surface area contributed by atoms with E-state index in [9.17, 15) is 4.79 Å². The number of carboxylic acid groups (broad SMARTS) is 1. The fraction of sp³-hybridized carbons (Fsp3) is 0.286. The molecular formula is C7H8O2. The fourth-order valence-electron chi connectivity index (χ4n) is 0.303. The second kappa shape index (κ2) is 4.92. The summed E-state index contributed by atoms with van der Waals surface area (Å²) in [6, 6.07) is 0. The summed E-state index contributed by atoms with van der Waals surface area (Å²) in [5.41, 5.74) is 0. The first-order valence-electron chi connectivity index (χ1n) is 2.60. The highest BCUT2D eigenvalue weighted by Gasteiger charge is 1.79. The van der Waals surface area contributed by atoms with E-state index in [0.717, 1.165) is 0 Å². The monoisotopic (exact) mass is 124 g/mol. The molecular weight excluding hydrogens is 116 g/mol. The Labute approximate surface area is 54.2 Å². The lowest BCUT2D eigenvalue weighted by Crippen LogP contribution is -1.85. The van der Waals surface area contributed by atoms with E-state index in [1.165, 1.54) is 0 Å². The first-order chi connectivity index (χ1) is 4.27. The Balaban J connectivity index is 3.50. The van der Waals surface area contributed by atoms with Gasteiger partial charge in [0, 0.05) is 12.3 Å². The van der Waals surface area contributed by atoms with Crippen molar-refractivity contribution in [3.8, 4) is 11.8 Å². The average molecular weight is 124 g/mol. The Morgan fingerprint density at radius 2 is 2.44 bits per heavy atom. The van der Waals surface area contributed by atoms with Crippen molar-refractivity contribution in [1.29, 1.82) is 0 Å². The molecule has 0 spiro atoms. The number of carbonyl (C=O) groups is 1. The van der Waals surface area contributed by atoms with Gasteiger partial charge in [0.15, 0.2) is 0 Å². The molecule has 0 rings (SSSR count). The molecule has 0 aliphatic heterocycles. The van der Waals surface area contributed by atoms with E-state index < -0.39 is 5.97 Å². The normalized spacial score (nSPS) is 8.56. The number of hydrogen-bond donors (Lipinski definition) is 1. The van der Waals surface area contributed by atoms with Gasteiger partial charge in [-0.3, -0.25) is 0 Å². The summed E-state index contributed by atoms with van der Waals surface area (Å²) in [5.74, 6) is 3.38. The van der Waals surface area contributed by atoms with Gasteiger partial charge in [-0.05, 0) is 6.92 Å². The second-order valence-corrected chi connectivity index (χ2v) is 1.38. The zero-order valence-electron chi connectivity index (χ0n) is 5.22. The van der Waals surface area contributed by atoms with E-state index in [0.29, 0.717) is 6.42 Å². The maximum atomic E-state index is 9.76. The Bertz CT molecular complexity index is 169. The molecule has 2 nitrogen and oxygen atoms in total. The topological polar surface area (TPSA) is 37.3 Å². The highest BCUT2D eigenvalue weighted by molar-refractivity contribution is 5.86. The van der Waals surface area contributed by atoms with Crippen LogP contribution in [0.25, 0.3) is 0 Å². The summed E-state index contributed by atoms with van der Waals surface area (Å²) >= 11 is 0. The van der Waals surface area contributed by atoms with Crippen LogP contribution in [0.15, 0.2) is 12.2 Å². The molecule has 0 atom stereocenters. The third-order valence-corrected chi connectivity index (χ3v) is 0.651. The van der Waals surface area contributed by atoms with Gasteiger partial charge < -0.3 is 5.11 Å². The van der Waals surface area contributed by atoms with Crippen molar-refractivity contribution in [2.24, 2.45) is 0 Å². The highest BCUT2D eigenvalue weighted by Crippen LogP contribution is 1.76. The van der Waals surface area contributed by atoms with Crippen LogP contribution in [-0.2, 0) is 4.79 Å². The zero-order chi connectivity index (χ0) is 7.11. The van der Waals surface area contributed by atoms with E-state index >= 15 is 0 Å². The minimum absolute atomic E-state index is 0.517. The Morgan fingerprint density at radius 3 is 2.89 bits per heavy atom. The van der Waals surface area contributed by atoms with Crippen LogP contribution in [0.3, 0.4) is 0 Å². The van der Waals surface area contributed by atoms with Crippen LogP contribution in [0.1, 0.15) is 13.3 Å². The van der Waals surface area contributed by atoms with E-state index in [-0.39, 0.29) is 0 Å². The van der Waals surface area contributed by atoms with E-state index in [1.807, 2.05) is 18.9 Å². The molecule has 9 heavy (non-hydrogen) atoms. The number of rotatable bonds is 1. The van der Waals surface area contributed by atoms with Gasteiger partial charge in [0.2, 0.25) is 0 Å². The lowest BCUT2D eigenvalue weighted by atomic mass is 10.4. The number of allylic oxidation sites excluding steroid dienone is 2. The molecule has 0 aliphatic carbocycles. The molecule has 0 fully saturated rings. The van der Waals surface area contributed by atoms with Gasteiger partial charge >= 0.3 is 5.97 Å². The molecule has 2 heteroatoms. The smallest absolute Gasteiger partial charge is 0.381 e. The molecule has 0 amide bonds. The van der Waals surface area contributed by atoms with Crippen LogP contribution >= 0.6 is 0 Å². The van der Waals surface area contributed by atoms with Crippen LogP contribution in [0, 0.1) is 11.8 Å². The maximum Gasteiger partial charge on any atom is 0.381 e. The number of carboxylic acids is 1. The average Bonchev–Trinajstić information content (AvgIpc) is 1.80. The predicted molar refractivity (Wildman–Crippen MR) is 34.8 cm³/mol. The quantitative estimate of drug-likeness (QED) is 0.419. The lowest BCUT2D eigenvalue weighted by Gasteiger charge is -1.71. The van der Waals surface area contributed by atoms with Crippen molar-refractivity contribution >= 4 is 5.97 Å². The molecule has 1 N–H and O–H groups in total. The van der Waals surface area contributed by atoms with Crippen molar-refractivity contribution in [1.82, 2.24) is 0 Å². The molecule has 0 aliphatic rings. The van der Waals surface area contributed by atoms with Crippen LogP contribution in [0.5, 0.6) is 0 Å². The molecule has 0 bridgehead atoms. The maximum absolute atomic E-state index is 9.76. The van der Waals surface area contributed by atoms with Gasteiger partial charge in [0.1, 0.15) is 0 Å². The predicted octanol–water partition coefficient (Wildman–Crippen LogP) is 1.04. The van der Waals surface area contributed by atoms with Crippen molar-refractivity contribution < 1.29 is 9.90 Å². The standard InChI is InChI=1S/C7H8O2/c1-2-3-4-5-6-7(8)9/h2-3H,4H2,1H3,(H,8,9)/b3-2+. The lowest BCUT2D eigenvalue weighted by molar-refractivity contribution is -0.130. The summed E-state index contributed by atoms with van der Waals surface area (Å²) < 4.78 is 0. The summed E-state index contributed by atoms with van der Waals surface area (Å²) in [7, 11) is 0. The molecule has 0 saturated carbocycles. The summed E-state index contributed by atoms with van der Waals surface area (Å²) in [5, 5.41) is 8.02. The molecule has 0 saturated heterocycles. The van der Waals surface area contributed by atoms with Crippen molar-refractivity contribution in [2.45, 2.75) is 13.3 Å². The minimum atomic E-state index is -1.07. The minimum Gasteiger partial charge on any atom is -0.472 e. The summed E-state index contributed by atoms with van der Waals surface area (Å²) in [6.07, 6.45) is 4.15. The SMILES string of the molecule is C/C=C/CC#CC(=O)O. The van der Waals surface area contributed by atoms with Gasteiger partial charge in [-0.1, -0.05) is 18.1 Å². The van der Waals surface area contributed by atoms with Gasteiger partial charge in [-0.2, -0.15) is 0 Å². The molecule has 0 heterocycles. The number of hydrogen-bond acceptors (Lipinski definition) is 1. The molecule has 0 aromatic carbocycles. The third-order valence-electron chi connectivity index (χ3n) is 0.651. The van der Waals surface area contributed by atoms with Crippen LogP contribution < -0.4 is 0 Å². The fourth-order valence-corrected chi connectivity index (χ4v) is 0.303. The van der Waals surface area contributed by atoms with Gasteiger partial charge in [-0.15, -0.1) is 0 Å². The highest BCUT2D eigenvalue weighted by atomic mass is 16.4. The van der Waals surface area contributed by atoms with Crippen molar-refractivity contribution in [2.75, 3.05) is 0 Å². The van der Waals surface area contributed by atoms with Gasteiger partial charge in [0.25, 0.3) is 0 Å². The van der Waals surface area contributed by atoms with E-state index in [1.54, 1.807) is 6.08 Å². The second-order valence-electron chi connectivity index (χ2n) is 1.38. The van der Waals surface area contributed by atoms with E-state index in [4.69, 9.17) is 5.11 Å². The van der Waals surface area contributed by atoms with Crippen LogP contribution in [0.4, 0.5) is 0 Å². The first-order valence-corrected chi connectivity index (χ1v) is 2.60. The Kier molecular flexibility index (Phi) is 4.25. The van der Waals surface area contributed by atoms with E-state index in [2.05, 4.69) is 5.92 Å². The van der Waals surface area contributed by atoms with Crippen molar-refractivity contribution in [3.05, 3.63) is 12.2 Å². The number of aliphatic carboxylic acids is 1. The van der Waals surface area contributed by atoms with Crippen molar-refractivity contribution in [3.63, 3.8) is 0 Å². The zero-order valence-corrected chi connectivity index (χ0v) is 5.22. The first kappa shape index (κ1) is 7.77. The molecule has 0 radical (unpaired) electrons. The van der Waals surface area contributed by atoms with Gasteiger partial charge in [-0.25, -0.2) is 4.79 Å². The Morgan fingerprint density at radius 1 is 1.78 bits per heavy atom. The summed E-state index contributed by atoms with van der Waals surface area (Å²) in [4.78, 5) is 9.76. The molecule has 0 unspecified atom stereocenters. The molecule has 0 aromatic rings. The third kappa shape index (κ3) is 6.77. The summed E-state index contributed by atoms with van der Waals surface area (Å²) in [6.45, 7) is 1.86. The molecule has 0 aromatic heterocycles. The Hall–Kier alpha value is -1.23. The van der Waals surface area contributed by atoms with Gasteiger partial charge in [0.05, 0.1) is 0 Å².